The Bertz CT molecular complexity index is 515. The standard InChI is InChI=1S/C16H18O/c1-3-13-8-12(2)9-14(10-13)11-15-6-4-5-7-16(15)17/h4-10,17H,3,11H2,1-2H3. The molecule has 0 aromatic heterocycles. The molecule has 0 unspecified atom stereocenters. The molecule has 2 aromatic carbocycles. The molecule has 0 atom stereocenters. The van der Waals surface area contributed by atoms with Gasteiger partial charge in [-0.15, -0.1) is 0 Å². The Kier molecular flexibility index (Phi) is 3.48. The maximum atomic E-state index is 9.77. The maximum absolute atomic E-state index is 9.77. The van der Waals surface area contributed by atoms with Crippen molar-refractivity contribution in [3.63, 3.8) is 0 Å². The van der Waals surface area contributed by atoms with Crippen LogP contribution >= 0.6 is 0 Å². The molecule has 0 spiro atoms. The second kappa shape index (κ2) is 5.05. The molecule has 0 saturated heterocycles. The molecule has 1 heteroatoms. The Balaban J connectivity index is 2.30. The summed E-state index contributed by atoms with van der Waals surface area (Å²) in [4.78, 5) is 0. The lowest BCUT2D eigenvalue weighted by molar-refractivity contribution is 0.469. The van der Waals surface area contributed by atoms with Crippen molar-refractivity contribution in [1.82, 2.24) is 0 Å². The molecule has 1 N–H and O–H groups in total. The van der Waals surface area contributed by atoms with E-state index in [4.69, 9.17) is 0 Å². The monoisotopic (exact) mass is 226 g/mol. The van der Waals surface area contributed by atoms with Gasteiger partial charge in [-0.2, -0.15) is 0 Å². The lowest BCUT2D eigenvalue weighted by atomic mass is 9.99. The van der Waals surface area contributed by atoms with Crippen molar-refractivity contribution in [3.05, 3.63) is 64.7 Å². The van der Waals surface area contributed by atoms with Crippen LogP contribution in [0.25, 0.3) is 0 Å². The van der Waals surface area contributed by atoms with Gasteiger partial charge in [0.05, 0.1) is 0 Å². The van der Waals surface area contributed by atoms with E-state index in [1.165, 1.54) is 16.7 Å². The largest absolute Gasteiger partial charge is 0.508 e. The van der Waals surface area contributed by atoms with Gasteiger partial charge in [0.25, 0.3) is 0 Å². The van der Waals surface area contributed by atoms with Crippen LogP contribution < -0.4 is 0 Å². The van der Waals surface area contributed by atoms with Gasteiger partial charge in [-0.25, -0.2) is 0 Å². The third-order valence-electron chi connectivity index (χ3n) is 2.99. The number of rotatable bonds is 3. The van der Waals surface area contributed by atoms with E-state index in [1.807, 2.05) is 18.2 Å². The van der Waals surface area contributed by atoms with E-state index in [9.17, 15) is 5.11 Å². The van der Waals surface area contributed by atoms with Gasteiger partial charge in [-0.05, 0) is 36.1 Å². The van der Waals surface area contributed by atoms with Crippen LogP contribution in [0.2, 0.25) is 0 Å². The molecule has 17 heavy (non-hydrogen) atoms. The Morgan fingerprint density at radius 2 is 1.71 bits per heavy atom. The maximum Gasteiger partial charge on any atom is 0.119 e. The summed E-state index contributed by atoms with van der Waals surface area (Å²) in [7, 11) is 0. The smallest absolute Gasteiger partial charge is 0.119 e. The topological polar surface area (TPSA) is 20.2 Å². The van der Waals surface area contributed by atoms with Crippen LogP contribution in [0.5, 0.6) is 5.75 Å². The van der Waals surface area contributed by atoms with Crippen molar-refractivity contribution < 1.29 is 5.11 Å². The fourth-order valence-corrected chi connectivity index (χ4v) is 2.13. The molecule has 0 amide bonds. The van der Waals surface area contributed by atoms with Crippen LogP contribution in [0, 0.1) is 6.92 Å². The fourth-order valence-electron chi connectivity index (χ4n) is 2.13. The number of phenols is 1. The zero-order chi connectivity index (χ0) is 12.3. The van der Waals surface area contributed by atoms with Gasteiger partial charge in [0.2, 0.25) is 0 Å². The molecule has 0 aliphatic rings. The van der Waals surface area contributed by atoms with Crippen LogP contribution in [0.4, 0.5) is 0 Å². The molecule has 0 radical (unpaired) electrons. The van der Waals surface area contributed by atoms with E-state index in [2.05, 4.69) is 32.0 Å². The molecular formula is C16H18O. The summed E-state index contributed by atoms with van der Waals surface area (Å²) in [6, 6.07) is 14.2. The molecule has 0 aliphatic carbocycles. The summed E-state index contributed by atoms with van der Waals surface area (Å²) in [5.74, 6) is 0.382. The molecule has 88 valence electrons. The Morgan fingerprint density at radius 1 is 1.00 bits per heavy atom. The SMILES string of the molecule is CCc1cc(C)cc(Cc2ccccc2O)c1. The van der Waals surface area contributed by atoms with Gasteiger partial charge in [0.15, 0.2) is 0 Å². The van der Waals surface area contributed by atoms with Crippen LogP contribution in [0.15, 0.2) is 42.5 Å². The number of hydrogen-bond acceptors (Lipinski definition) is 1. The third-order valence-corrected chi connectivity index (χ3v) is 2.99. The fraction of sp³-hybridized carbons (Fsp3) is 0.250. The first kappa shape index (κ1) is 11.7. The Labute approximate surface area is 103 Å². The van der Waals surface area contributed by atoms with Gasteiger partial charge in [-0.3, -0.25) is 0 Å². The van der Waals surface area contributed by atoms with Crippen molar-refractivity contribution in [2.45, 2.75) is 26.7 Å². The summed E-state index contributed by atoms with van der Waals surface area (Å²) in [5, 5.41) is 9.77. The van der Waals surface area contributed by atoms with E-state index in [-0.39, 0.29) is 0 Å². The molecular weight excluding hydrogens is 208 g/mol. The van der Waals surface area contributed by atoms with Crippen LogP contribution in [-0.2, 0) is 12.8 Å². The molecule has 2 rings (SSSR count). The number of phenolic OH excluding ortho intramolecular Hbond substituents is 1. The number of aryl methyl sites for hydroxylation is 2. The average Bonchev–Trinajstić information content (AvgIpc) is 2.31. The highest BCUT2D eigenvalue weighted by Gasteiger charge is 2.03. The second-order valence-corrected chi connectivity index (χ2v) is 4.49. The second-order valence-electron chi connectivity index (χ2n) is 4.49. The summed E-state index contributed by atoms with van der Waals surface area (Å²) < 4.78 is 0. The average molecular weight is 226 g/mol. The first-order valence-corrected chi connectivity index (χ1v) is 6.05. The Morgan fingerprint density at radius 3 is 2.41 bits per heavy atom. The minimum absolute atomic E-state index is 0.382. The highest BCUT2D eigenvalue weighted by molar-refractivity contribution is 5.38. The summed E-state index contributed by atoms with van der Waals surface area (Å²) in [5.41, 5.74) is 4.90. The van der Waals surface area contributed by atoms with E-state index in [1.54, 1.807) is 6.07 Å². The third kappa shape index (κ3) is 2.88. The number of hydrogen-bond donors (Lipinski definition) is 1. The van der Waals surface area contributed by atoms with Gasteiger partial charge >= 0.3 is 0 Å². The van der Waals surface area contributed by atoms with E-state index in [0.29, 0.717) is 5.75 Å². The molecule has 0 bridgehead atoms. The van der Waals surface area contributed by atoms with E-state index in [0.717, 1.165) is 18.4 Å². The van der Waals surface area contributed by atoms with Crippen molar-refractivity contribution >= 4 is 0 Å². The lowest BCUT2D eigenvalue weighted by Crippen LogP contribution is -1.92. The summed E-state index contributed by atoms with van der Waals surface area (Å²) in [6.07, 6.45) is 1.84. The van der Waals surface area contributed by atoms with Crippen molar-refractivity contribution in [2.24, 2.45) is 0 Å². The van der Waals surface area contributed by atoms with E-state index >= 15 is 0 Å². The molecule has 0 aliphatic heterocycles. The van der Waals surface area contributed by atoms with Crippen molar-refractivity contribution in [3.8, 4) is 5.75 Å². The number of para-hydroxylation sites is 1. The first-order valence-electron chi connectivity index (χ1n) is 6.05. The van der Waals surface area contributed by atoms with Crippen LogP contribution in [-0.4, -0.2) is 5.11 Å². The molecule has 0 heterocycles. The van der Waals surface area contributed by atoms with Gasteiger partial charge in [0.1, 0.15) is 5.75 Å². The van der Waals surface area contributed by atoms with Gasteiger partial charge < -0.3 is 5.11 Å². The minimum Gasteiger partial charge on any atom is -0.508 e. The molecule has 1 nitrogen and oxygen atoms in total. The molecule has 2 aromatic rings. The predicted molar refractivity (Wildman–Crippen MR) is 71.5 cm³/mol. The molecule has 0 saturated carbocycles. The number of aromatic hydroxyl groups is 1. The Hall–Kier alpha value is -1.76. The highest BCUT2D eigenvalue weighted by atomic mass is 16.3. The minimum atomic E-state index is 0.382. The van der Waals surface area contributed by atoms with Gasteiger partial charge in [-0.1, -0.05) is 48.9 Å². The zero-order valence-corrected chi connectivity index (χ0v) is 10.4. The normalized spacial score (nSPS) is 10.5. The van der Waals surface area contributed by atoms with Crippen LogP contribution in [0.3, 0.4) is 0 Å². The van der Waals surface area contributed by atoms with E-state index < -0.39 is 0 Å². The summed E-state index contributed by atoms with van der Waals surface area (Å²) >= 11 is 0. The number of benzene rings is 2. The molecule has 0 fully saturated rings. The first-order chi connectivity index (χ1) is 8.19. The van der Waals surface area contributed by atoms with Crippen molar-refractivity contribution in [1.29, 1.82) is 0 Å². The lowest BCUT2D eigenvalue weighted by Gasteiger charge is -2.08. The van der Waals surface area contributed by atoms with Crippen LogP contribution in [0.1, 0.15) is 29.2 Å². The van der Waals surface area contributed by atoms with Gasteiger partial charge in [0, 0.05) is 6.42 Å². The summed E-state index contributed by atoms with van der Waals surface area (Å²) in [6.45, 7) is 4.28. The zero-order valence-electron chi connectivity index (χ0n) is 10.4. The quantitative estimate of drug-likeness (QED) is 0.842. The van der Waals surface area contributed by atoms with Crippen molar-refractivity contribution in [2.75, 3.05) is 0 Å². The highest BCUT2D eigenvalue weighted by Crippen LogP contribution is 2.21. The predicted octanol–water partition coefficient (Wildman–Crippen LogP) is 3.85.